The van der Waals surface area contributed by atoms with Gasteiger partial charge in [0.1, 0.15) is 10.9 Å². The highest BCUT2D eigenvalue weighted by Crippen LogP contribution is 2.31. The Bertz CT molecular complexity index is 970. The number of H-pyrrole nitrogens is 1. The second kappa shape index (κ2) is 7.59. The van der Waals surface area contributed by atoms with Crippen molar-refractivity contribution in [3.05, 3.63) is 69.9 Å². The number of amides is 1. The number of aromatic nitrogens is 1. The second-order valence-corrected chi connectivity index (χ2v) is 6.66. The first kappa shape index (κ1) is 18.0. The summed E-state index contributed by atoms with van der Waals surface area (Å²) in [6.45, 7) is 1.99. The Kier molecular flexibility index (Phi) is 5.24. The summed E-state index contributed by atoms with van der Waals surface area (Å²) in [7, 11) is 1.56. The molecular formula is C18H18N4O3S. The topological polar surface area (TPSA) is 100 Å². The van der Waals surface area contributed by atoms with Crippen LogP contribution in [-0.2, 0) is 4.79 Å². The molecule has 8 heteroatoms. The molecule has 134 valence electrons. The van der Waals surface area contributed by atoms with E-state index in [1.807, 2.05) is 25.1 Å². The first-order valence-corrected chi connectivity index (χ1v) is 8.78. The van der Waals surface area contributed by atoms with Crippen LogP contribution in [0.2, 0.25) is 0 Å². The minimum absolute atomic E-state index is 0.00423. The Hall–Kier alpha value is -2.84. The van der Waals surface area contributed by atoms with Gasteiger partial charge in [0.25, 0.3) is 5.69 Å². The van der Waals surface area contributed by atoms with Gasteiger partial charge in [-0.3, -0.25) is 14.9 Å². The minimum atomic E-state index is -0.666. The van der Waals surface area contributed by atoms with E-state index in [4.69, 9.17) is 0 Å². The molecule has 3 N–H and O–H groups in total. The lowest BCUT2D eigenvalue weighted by atomic mass is 10.0. The van der Waals surface area contributed by atoms with Crippen LogP contribution in [0.1, 0.15) is 17.2 Å². The fourth-order valence-electron chi connectivity index (χ4n) is 2.71. The summed E-state index contributed by atoms with van der Waals surface area (Å²) in [6.07, 6.45) is 1.79. The van der Waals surface area contributed by atoms with Crippen molar-refractivity contribution in [3.63, 3.8) is 0 Å². The number of aryl methyl sites for hydroxylation is 1. The van der Waals surface area contributed by atoms with E-state index in [2.05, 4.69) is 15.0 Å². The van der Waals surface area contributed by atoms with E-state index in [1.54, 1.807) is 31.4 Å². The highest BCUT2D eigenvalue weighted by molar-refractivity contribution is 7.97. The van der Waals surface area contributed by atoms with Gasteiger partial charge in [-0.05, 0) is 37.1 Å². The summed E-state index contributed by atoms with van der Waals surface area (Å²) in [4.78, 5) is 26.8. The van der Waals surface area contributed by atoms with Gasteiger partial charge >= 0.3 is 0 Å². The molecule has 0 spiro atoms. The molecule has 1 atom stereocenters. The summed E-state index contributed by atoms with van der Waals surface area (Å²) >= 11 is 1.07. The predicted molar refractivity (Wildman–Crippen MR) is 102 cm³/mol. The number of aromatic amines is 1. The van der Waals surface area contributed by atoms with Crippen molar-refractivity contribution in [3.8, 4) is 0 Å². The fraction of sp³-hybridized carbons (Fsp3) is 0.167. The normalized spacial score (nSPS) is 12.1. The van der Waals surface area contributed by atoms with E-state index in [0.717, 1.165) is 34.0 Å². The molecule has 1 amide bonds. The van der Waals surface area contributed by atoms with E-state index in [1.165, 1.54) is 6.07 Å². The van der Waals surface area contributed by atoms with Crippen LogP contribution in [-0.4, -0.2) is 22.9 Å². The van der Waals surface area contributed by atoms with Crippen LogP contribution >= 0.6 is 11.9 Å². The number of hydrogen-bond donors (Lipinski definition) is 3. The quantitative estimate of drug-likeness (QED) is 0.350. The highest BCUT2D eigenvalue weighted by Gasteiger charge is 2.24. The number of rotatable bonds is 6. The average Bonchev–Trinajstić information content (AvgIpc) is 3.04. The number of nitro benzene ring substituents is 1. The number of benzene rings is 2. The number of fused-ring (bicyclic) bond motifs is 1. The lowest BCUT2D eigenvalue weighted by Gasteiger charge is -2.16. The third kappa shape index (κ3) is 3.56. The number of nitrogens with one attached hydrogen (secondary N) is 3. The summed E-state index contributed by atoms with van der Waals surface area (Å²) in [5.74, 6) is -0.224. The second-order valence-electron chi connectivity index (χ2n) is 5.79. The molecule has 0 unspecified atom stereocenters. The molecule has 0 bridgehead atoms. The van der Waals surface area contributed by atoms with Gasteiger partial charge in [-0.15, -0.1) is 0 Å². The zero-order valence-electron chi connectivity index (χ0n) is 14.3. The van der Waals surface area contributed by atoms with Crippen LogP contribution in [0.3, 0.4) is 0 Å². The molecule has 1 aromatic heterocycles. The average molecular weight is 370 g/mol. The Labute approximate surface area is 154 Å². The standard InChI is InChI=1S/C18H18N4O3S/c1-11-7-8-14-12(9-11)13(10-20-14)17(18(23)19-2)21-26-16-6-4-3-5-15(16)22(24)25/h3-10,17,20-21H,1-2H3,(H,19,23)/t17-/m1/s1. The lowest BCUT2D eigenvalue weighted by molar-refractivity contribution is -0.387. The highest BCUT2D eigenvalue weighted by atomic mass is 32.2. The van der Waals surface area contributed by atoms with E-state index >= 15 is 0 Å². The van der Waals surface area contributed by atoms with Crippen LogP contribution in [0.25, 0.3) is 10.9 Å². The van der Waals surface area contributed by atoms with Gasteiger partial charge in [-0.25, -0.2) is 4.72 Å². The van der Waals surface area contributed by atoms with E-state index in [-0.39, 0.29) is 11.6 Å². The van der Waals surface area contributed by atoms with Gasteiger partial charge in [-0.2, -0.15) is 0 Å². The van der Waals surface area contributed by atoms with Crippen LogP contribution in [0, 0.1) is 17.0 Å². The molecule has 0 saturated carbocycles. The van der Waals surface area contributed by atoms with Crippen LogP contribution < -0.4 is 10.0 Å². The Balaban J connectivity index is 1.93. The molecule has 26 heavy (non-hydrogen) atoms. The summed E-state index contributed by atoms with van der Waals surface area (Å²) in [5, 5.41) is 14.8. The summed E-state index contributed by atoms with van der Waals surface area (Å²) in [6, 6.07) is 11.7. The molecule has 0 aliphatic carbocycles. The molecule has 0 saturated heterocycles. The van der Waals surface area contributed by atoms with E-state index in [0.29, 0.717) is 4.90 Å². The van der Waals surface area contributed by atoms with Gasteiger partial charge in [0.15, 0.2) is 0 Å². The van der Waals surface area contributed by atoms with Crippen molar-refractivity contribution in [1.29, 1.82) is 0 Å². The molecule has 1 heterocycles. The van der Waals surface area contributed by atoms with Crippen molar-refractivity contribution in [2.45, 2.75) is 17.9 Å². The van der Waals surface area contributed by atoms with Crippen molar-refractivity contribution < 1.29 is 9.72 Å². The molecule has 7 nitrogen and oxygen atoms in total. The minimum Gasteiger partial charge on any atom is -0.361 e. The van der Waals surface area contributed by atoms with Crippen LogP contribution in [0.4, 0.5) is 5.69 Å². The number of likely N-dealkylation sites (N-methyl/N-ethyl adjacent to an activating group) is 1. The maximum absolute atomic E-state index is 12.4. The predicted octanol–water partition coefficient (Wildman–Crippen LogP) is 3.47. The number of carbonyl (C=O) groups excluding carboxylic acids is 1. The first-order valence-electron chi connectivity index (χ1n) is 7.96. The van der Waals surface area contributed by atoms with Gasteiger partial charge in [0.2, 0.25) is 5.91 Å². The van der Waals surface area contributed by atoms with Crippen LogP contribution in [0.15, 0.2) is 53.6 Å². The molecule has 0 aliphatic rings. The zero-order chi connectivity index (χ0) is 18.7. The molecule has 3 aromatic rings. The number of nitro groups is 1. The molecule has 3 rings (SSSR count). The SMILES string of the molecule is CNC(=O)[C@H](NSc1ccccc1[N+](=O)[O-])c1c[nH]c2ccc(C)cc12. The van der Waals surface area contributed by atoms with Crippen molar-refractivity contribution in [2.75, 3.05) is 7.05 Å². The summed E-state index contributed by atoms with van der Waals surface area (Å²) in [5.41, 5.74) is 2.79. The maximum Gasteiger partial charge on any atom is 0.284 e. The van der Waals surface area contributed by atoms with Crippen LogP contribution in [0.5, 0.6) is 0 Å². The molecule has 2 aromatic carbocycles. The maximum atomic E-state index is 12.4. The number of nitrogens with zero attached hydrogens (tertiary/aromatic N) is 1. The number of hydrogen-bond acceptors (Lipinski definition) is 5. The van der Waals surface area contributed by atoms with Gasteiger partial charge in [0, 0.05) is 35.8 Å². The smallest absolute Gasteiger partial charge is 0.284 e. The zero-order valence-corrected chi connectivity index (χ0v) is 15.1. The third-order valence-corrected chi connectivity index (χ3v) is 4.96. The Morgan fingerprint density at radius 3 is 2.77 bits per heavy atom. The van der Waals surface area contributed by atoms with E-state index < -0.39 is 11.0 Å². The third-order valence-electron chi connectivity index (χ3n) is 4.04. The van der Waals surface area contributed by atoms with Gasteiger partial charge in [-0.1, -0.05) is 23.8 Å². The first-order chi connectivity index (χ1) is 12.5. The molecule has 0 radical (unpaired) electrons. The van der Waals surface area contributed by atoms with Crippen molar-refractivity contribution in [2.24, 2.45) is 0 Å². The van der Waals surface area contributed by atoms with Crippen molar-refractivity contribution in [1.82, 2.24) is 15.0 Å². The molecule has 0 aliphatic heterocycles. The Morgan fingerprint density at radius 1 is 1.27 bits per heavy atom. The summed E-state index contributed by atoms with van der Waals surface area (Å²) < 4.78 is 3.08. The molecular weight excluding hydrogens is 352 g/mol. The monoisotopic (exact) mass is 370 g/mol. The fourth-order valence-corrected chi connectivity index (χ4v) is 3.59. The largest absolute Gasteiger partial charge is 0.361 e. The van der Waals surface area contributed by atoms with Gasteiger partial charge < -0.3 is 10.3 Å². The van der Waals surface area contributed by atoms with Gasteiger partial charge in [0.05, 0.1) is 4.92 Å². The lowest BCUT2D eigenvalue weighted by Crippen LogP contribution is -2.32. The number of para-hydroxylation sites is 1. The Morgan fingerprint density at radius 2 is 2.04 bits per heavy atom. The van der Waals surface area contributed by atoms with E-state index in [9.17, 15) is 14.9 Å². The van der Waals surface area contributed by atoms with Crippen molar-refractivity contribution >= 4 is 34.4 Å². The number of carbonyl (C=O) groups is 1. The molecule has 0 fully saturated rings.